The smallest absolute Gasteiger partial charge is 0.337 e. The molecule has 1 atom stereocenters. The molecule has 0 aliphatic rings. The molecule has 1 aromatic carbocycles. The highest BCUT2D eigenvalue weighted by Crippen LogP contribution is 2.24. The molecule has 0 bridgehead atoms. The summed E-state index contributed by atoms with van der Waals surface area (Å²) in [7, 11) is -1.27. The van der Waals surface area contributed by atoms with Gasteiger partial charge in [0.1, 0.15) is 0 Å². The Morgan fingerprint density at radius 2 is 2.00 bits per heavy atom. The molecule has 0 aliphatic carbocycles. The standard InChI is InChI=1S/C14H13ClO3S2/c1-2-9-3-4-10(19-9)8-20(18)11-5-6-13(15)12(7-11)14(16)17/h3-7H,2,8H2,1H3,(H,16,17). The first kappa shape index (κ1) is 15.2. The number of aryl methyl sites for hydroxylation is 1. The highest BCUT2D eigenvalue weighted by Gasteiger charge is 2.13. The van der Waals surface area contributed by atoms with Crippen molar-refractivity contribution in [2.45, 2.75) is 24.0 Å². The summed E-state index contributed by atoms with van der Waals surface area (Å²) in [6, 6.07) is 8.47. The van der Waals surface area contributed by atoms with E-state index in [0.29, 0.717) is 10.6 Å². The lowest BCUT2D eigenvalue weighted by molar-refractivity contribution is 0.0697. The molecule has 0 radical (unpaired) electrons. The van der Waals surface area contributed by atoms with Crippen LogP contribution in [0.1, 0.15) is 27.0 Å². The Labute approximate surface area is 128 Å². The molecular formula is C14H13ClO3S2. The molecular weight excluding hydrogens is 316 g/mol. The summed E-state index contributed by atoms with van der Waals surface area (Å²) in [5.74, 6) is -0.719. The third kappa shape index (κ3) is 3.48. The zero-order chi connectivity index (χ0) is 14.7. The number of carbonyl (C=O) groups is 1. The number of halogens is 1. The van der Waals surface area contributed by atoms with Crippen molar-refractivity contribution in [2.75, 3.05) is 0 Å². The van der Waals surface area contributed by atoms with Crippen molar-refractivity contribution in [1.29, 1.82) is 0 Å². The summed E-state index contributed by atoms with van der Waals surface area (Å²) in [4.78, 5) is 13.8. The summed E-state index contributed by atoms with van der Waals surface area (Å²) in [6.07, 6.45) is 0.960. The number of hydrogen-bond acceptors (Lipinski definition) is 3. The molecule has 0 amide bonds. The molecule has 0 aliphatic heterocycles. The van der Waals surface area contributed by atoms with Crippen LogP contribution in [0.4, 0.5) is 0 Å². The van der Waals surface area contributed by atoms with Crippen molar-refractivity contribution in [3.05, 3.63) is 50.7 Å². The normalized spacial score (nSPS) is 12.3. The fraction of sp³-hybridized carbons (Fsp3) is 0.214. The number of thiophene rings is 1. The number of carboxylic acid groups (broad SMARTS) is 1. The third-order valence-corrected chi connectivity index (χ3v) is 5.87. The van der Waals surface area contributed by atoms with Gasteiger partial charge in [-0.05, 0) is 36.8 Å². The van der Waals surface area contributed by atoms with Gasteiger partial charge in [-0.2, -0.15) is 0 Å². The molecule has 1 aromatic heterocycles. The van der Waals surface area contributed by atoms with E-state index in [1.165, 1.54) is 17.0 Å². The highest BCUT2D eigenvalue weighted by atomic mass is 35.5. The monoisotopic (exact) mass is 328 g/mol. The molecule has 0 saturated heterocycles. The van der Waals surface area contributed by atoms with Crippen molar-refractivity contribution in [2.24, 2.45) is 0 Å². The van der Waals surface area contributed by atoms with Gasteiger partial charge in [-0.15, -0.1) is 11.3 Å². The van der Waals surface area contributed by atoms with Crippen LogP contribution in [-0.4, -0.2) is 15.3 Å². The van der Waals surface area contributed by atoms with Gasteiger partial charge in [0.15, 0.2) is 0 Å². The summed E-state index contributed by atoms with van der Waals surface area (Å²) in [6.45, 7) is 2.07. The molecule has 106 valence electrons. The topological polar surface area (TPSA) is 54.4 Å². The maximum Gasteiger partial charge on any atom is 0.337 e. The second-order valence-corrected chi connectivity index (χ2v) is 7.27. The average Bonchev–Trinajstić information content (AvgIpc) is 2.86. The van der Waals surface area contributed by atoms with Crippen molar-refractivity contribution in [3.8, 4) is 0 Å². The maximum atomic E-state index is 12.3. The van der Waals surface area contributed by atoms with Crippen molar-refractivity contribution >= 4 is 39.7 Å². The second-order valence-electron chi connectivity index (χ2n) is 4.16. The predicted molar refractivity (Wildman–Crippen MR) is 82.2 cm³/mol. The van der Waals surface area contributed by atoms with Crippen LogP contribution in [0.3, 0.4) is 0 Å². The average molecular weight is 329 g/mol. The quantitative estimate of drug-likeness (QED) is 0.903. The van der Waals surface area contributed by atoms with E-state index < -0.39 is 16.8 Å². The molecule has 0 spiro atoms. The lowest BCUT2D eigenvalue weighted by Crippen LogP contribution is -2.01. The molecule has 20 heavy (non-hydrogen) atoms. The van der Waals surface area contributed by atoms with E-state index in [1.807, 2.05) is 12.1 Å². The Bertz CT molecular complexity index is 664. The SMILES string of the molecule is CCc1ccc(CS(=O)c2ccc(Cl)c(C(=O)O)c2)s1. The van der Waals surface area contributed by atoms with Crippen molar-refractivity contribution in [1.82, 2.24) is 0 Å². The van der Waals surface area contributed by atoms with Crippen LogP contribution >= 0.6 is 22.9 Å². The minimum absolute atomic E-state index is 0.0158. The Hall–Kier alpha value is -1.17. The molecule has 0 saturated carbocycles. The van der Waals surface area contributed by atoms with Crippen LogP contribution in [-0.2, 0) is 23.0 Å². The van der Waals surface area contributed by atoms with Gasteiger partial charge in [0.05, 0.1) is 27.1 Å². The van der Waals surface area contributed by atoms with Crippen LogP contribution in [0.15, 0.2) is 35.2 Å². The molecule has 1 unspecified atom stereocenters. The zero-order valence-corrected chi connectivity index (χ0v) is 13.1. The molecule has 2 aromatic rings. The number of benzene rings is 1. The second kappa shape index (κ2) is 6.52. The number of aromatic carboxylic acids is 1. The Morgan fingerprint density at radius 1 is 1.30 bits per heavy atom. The first-order chi connectivity index (χ1) is 9.51. The summed E-state index contributed by atoms with van der Waals surface area (Å²) in [5.41, 5.74) is -0.0158. The van der Waals surface area contributed by atoms with Gasteiger partial charge < -0.3 is 5.11 Å². The number of hydrogen-bond donors (Lipinski definition) is 1. The fourth-order valence-corrected chi connectivity index (χ4v) is 4.21. The van der Waals surface area contributed by atoms with Crippen molar-refractivity contribution in [3.63, 3.8) is 0 Å². The van der Waals surface area contributed by atoms with Gasteiger partial charge >= 0.3 is 5.97 Å². The van der Waals surface area contributed by atoms with Gasteiger partial charge in [0.2, 0.25) is 0 Å². The van der Waals surface area contributed by atoms with Gasteiger partial charge in [-0.25, -0.2) is 4.79 Å². The molecule has 0 fully saturated rings. The molecule has 1 heterocycles. The number of carboxylic acids is 1. The Morgan fingerprint density at radius 3 is 2.60 bits per heavy atom. The summed E-state index contributed by atoms with van der Waals surface area (Å²) in [5, 5.41) is 9.17. The van der Waals surface area contributed by atoms with E-state index in [9.17, 15) is 9.00 Å². The summed E-state index contributed by atoms with van der Waals surface area (Å²) >= 11 is 7.43. The maximum absolute atomic E-state index is 12.3. The van der Waals surface area contributed by atoms with E-state index in [1.54, 1.807) is 17.4 Å². The van der Waals surface area contributed by atoms with Gasteiger partial charge in [0, 0.05) is 14.6 Å². The minimum Gasteiger partial charge on any atom is -0.478 e. The van der Waals surface area contributed by atoms with Crippen LogP contribution in [0, 0.1) is 0 Å². The largest absolute Gasteiger partial charge is 0.478 e. The van der Waals surface area contributed by atoms with Crippen molar-refractivity contribution < 1.29 is 14.1 Å². The minimum atomic E-state index is -1.27. The fourth-order valence-electron chi connectivity index (χ4n) is 1.71. The van der Waals surface area contributed by atoms with Crippen LogP contribution in [0.2, 0.25) is 5.02 Å². The third-order valence-electron chi connectivity index (χ3n) is 2.77. The lowest BCUT2D eigenvalue weighted by Gasteiger charge is -2.04. The van der Waals surface area contributed by atoms with Crippen LogP contribution in [0.5, 0.6) is 0 Å². The molecule has 6 heteroatoms. The highest BCUT2D eigenvalue weighted by molar-refractivity contribution is 7.84. The molecule has 2 rings (SSSR count). The van der Waals surface area contributed by atoms with Gasteiger partial charge in [0.25, 0.3) is 0 Å². The van der Waals surface area contributed by atoms with E-state index >= 15 is 0 Å². The lowest BCUT2D eigenvalue weighted by atomic mass is 10.2. The van der Waals surface area contributed by atoms with Gasteiger partial charge in [-0.1, -0.05) is 18.5 Å². The first-order valence-corrected chi connectivity index (χ1v) is 8.51. The van der Waals surface area contributed by atoms with E-state index in [2.05, 4.69) is 6.92 Å². The van der Waals surface area contributed by atoms with Crippen LogP contribution < -0.4 is 0 Å². The Kier molecular flexibility index (Phi) is 4.96. The van der Waals surface area contributed by atoms with Gasteiger partial charge in [-0.3, -0.25) is 4.21 Å². The van der Waals surface area contributed by atoms with E-state index in [-0.39, 0.29) is 10.6 Å². The van der Waals surface area contributed by atoms with Crippen LogP contribution in [0.25, 0.3) is 0 Å². The Balaban J connectivity index is 2.21. The zero-order valence-electron chi connectivity index (χ0n) is 10.8. The predicted octanol–water partition coefficient (Wildman–Crippen LogP) is 3.97. The summed E-state index contributed by atoms with van der Waals surface area (Å²) < 4.78 is 12.3. The molecule has 1 N–H and O–H groups in total. The van der Waals surface area contributed by atoms with E-state index in [4.69, 9.17) is 16.7 Å². The number of rotatable bonds is 5. The molecule has 3 nitrogen and oxygen atoms in total. The first-order valence-electron chi connectivity index (χ1n) is 6.00. The van der Waals surface area contributed by atoms with E-state index in [0.717, 1.165) is 11.3 Å².